The molecule has 7 nitrogen and oxygen atoms in total. The monoisotopic (exact) mass is 440 g/mol. The summed E-state index contributed by atoms with van der Waals surface area (Å²) in [6, 6.07) is 8.29. The Hall–Kier alpha value is -2.84. The van der Waals surface area contributed by atoms with Crippen LogP contribution in [0.2, 0.25) is 0 Å². The fraction of sp³-hybridized carbons (Fsp3) is 0.391. The average Bonchev–Trinajstić information content (AvgIpc) is 3.37. The van der Waals surface area contributed by atoms with Gasteiger partial charge in [0.05, 0.1) is 43.9 Å². The van der Waals surface area contributed by atoms with Gasteiger partial charge in [-0.2, -0.15) is 5.10 Å². The molecular formula is C23H28N4O3S. The molecule has 31 heavy (non-hydrogen) atoms. The number of ether oxygens (including phenoxy) is 2. The minimum atomic E-state index is -0.0373. The lowest BCUT2D eigenvalue weighted by molar-refractivity contribution is -0.117. The number of nitrogens with zero attached hydrogens (tertiary/aromatic N) is 3. The molecule has 1 N–H and O–H groups in total. The number of hydrogen-bond acceptors (Lipinski definition) is 6. The van der Waals surface area contributed by atoms with Crippen molar-refractivity contribution in [3.8, 4) is 11.5 Å². The highest BCUT2D eigenvalue weighted by atomic mass is 32.1. The third-order valence-electron chi connectivity index (χ3n) is 5.91. The third-order valence-corrected chi connectivity index (χ3v) is 6.83. The van der Waals surface area contributed by atoms with E-state index in [4.69, 9.17) is 9.47 Å². The molecule has 0 spiro atoms. The second kappa shape index (κ2) is 8.72. The highest BCUT2D eigenvalue weighted by Crippen LogP contribution is 2.42. The summed E-state index contributed by atoms with van der Waals surface area (Å²) in [6.45, 7) is 4.95. The lowest BCUT2D eigenvalue weighted by Crippen LogP contribution is -2.41. The standard InChI is InChI=1S/C23H28N4O3S/c1-14-22(15(2)26(3)25-14)24-21(28)13-27-9-8-16-11-18(29-4)19(30-5)12-17(16)23(27)20-7-6-10-31-20/h6-7,10-12,23H,8-9,13H2,1-5H3,(H,24,28). The maximum atomic E-state index is 13.0. The van der Waals surface area contributed by atoms with Gasteiger partial charge in [0.1, 0.15) is 0 Å². The molecule has 1 aliphatic rings. The predicted octanol–water partition coefficient (Wildman–Crippen LogP) is 3.70. The minimum absolute atomic E-state index is 0.00889. The molecule has 0 saturated carbocycles. The molecule has 0 aliphatic carbocycles. The number of carbonyl (C=O) groups is 1. The fourth-order valence-electron chi connectivity index (χ4n) is 4.27. The summed E-state index contributed by atoms with van der Waals surface area (Å²) in [5.74, 6) is 1.40. The Morgan fingerprint density at radius 1 is 1.26 bits per heavy atom. The molecule has 2 aromatic heterocycles. The Kier molecular flexibility index (Phi) is 6.02. The van der Waals surface area contributed by atoms with E-state index in [1.54, 1.807) is 30.2 Å². The molecular weight excluding hydrogens is 412 g/mol. The molecule has 3 heterocycles. The van der Waals surface area contributed by atoms with Gasteiger partial charge in [-0.25, -0.2) is 0 Å². The number of hydrogen-bond donors (Lipinski definition) is 1. The number of amides is 1. The van der Waals surface area contributed by atoms with Crippen molar-refractivity contribution in [1.82, 2.24) is 14.7 Å². The smallest absolute Gasteiger partial charge is 0.238 e. The van der Waals surface area contributed by atoms with E-state index in [1.165, 1.54) is 10.4 Å². The largest absolute Gasteiger partial charge is 0.493 e. The number of anilines is 1. The van der Waals surface area contributed by atoms with Crippen molar-refractivity contribution in [2.45, 2.75) is 26.3 Å². The second-order valence-electron chi connectivity index (χ2n) is 7.76. The van der Waals surface area contributed by atoms with Gasteiger partial charge in [-0.05, 0) is 55.0 Å². The zero-order valence-electron chi connectivity index (χ0n) is 18.6. The third kappa shape index (κ3) is 4.05. The number of aromatic nitrogens is 2. The van der Waals surface area contributed by atoms with Crippen LogP contribution in [-0.2, 0) is 18.3 Å². The van der Waals surface area contributed by atoms with Gasteiger partial charge in [0.15, 0.2) is 11.5 Å². The zero-order chi connectivity index (χ0) is 22.1. The SMILES string of the molecule is COc1cc2c(cc1OC)C(c1cccs1)N(CC(=O)Nc1c(C)nn(C)c1C)CC2. The Labute approximate surface area is 186 Å². The predicted molar refractivity (Wildman–Crippen MR) is 122 cm³/mol. The Morgan fingerprint density at radius 2 is 2.00 bits per heavy atom. The van der Waals surface area contributed by atoms with Gasteiger partial charge in [0, 0.05) is 18.5 Å². The molecule has 0 fully saturated rings. The van der Waals surface area contributed by atoms with E-state index in [0.717, 1.165) is 41.4 Å². The molecule has 1 amide bonds. The van der Waals surface area contributed by atoms with Crippen LogP contribution < -0.4 is 14.8 Å². The molecule has 1 atom stereocenters. The number of fused-ring (bicyclic) bond motifs is 1. The molecule has 0 bridgehead atoms. The van der Waals surface area contributed by atoms with Crippen LogP contribution in [0.25, 0.3) is 0 Å². The van der Waals surface area contributed by atoms with Crippen LogP contribution in [0.3, 0.4) is 0 Å². The lowest BCUT2D eigenvalue weighted by Gasteiger charge is -2.37. The van der Waals surface area contributed by atoms with E-state index in [9.17, 15) is 4.79 Å². The van der Waals surface area contributed by atoms with Crippen molar-refractivity contribution < 1.29 is 14.3 Å². The number of thiophene rings is 1. The van der Waals surface area contributed by atoms with Crippen molar-refractivity contribution in [2.24, 2.45) is 7.05 Å². The summed E-state index contributed by atoms with van der Waals surface area (Å²) < 4.78 is 12.9. The summed E-state index contributed by atoms with van der Waals surface area (Å²) >= 11 is 1.70. The first kappa shape index (κ1) is 21.4. The van der Waals surface area contributed by atoms with E-state index < -0.39 is 0 Å². The van der Waals surface area contributed by atoms with E-state index in [2.05, 4.69) is 45.0 Å². The van der Waals surface area contributed by atoms with E-state index in [1.807, 2.05) is 20.9 Å². The van der Waals surface area contributed by atoms with E-state index in [0.29, 0.717) is 12.3 Å². The van der Waals surface area contributed by atoms with Gasteiger partial charge in [0.2, 0.25) is 5.91 Å². The van der Waals surface area contributed by atoms with Crippen molar-refractivity contribution in [1.29, 1.82) is 0 Å². The van der Waals surface area contributed by atoms with Crippen LogP contribution >= 0.6 is 11.3 Å². The van der Waals surface area contributed by atoms with Gasteiger partial charge in [-0.3, -0.25) is 14.4 Å². The number of aryl methyl sites for hydroxylation is 2. The zero-order valence-corrected chi connectivity index (χ0v) is 19.4. The molecule has 0 saturated heterocycles. The van der Waals surface area contributed by atoms with Crippen molar-refractivity contribution in [3.05, 3.63) is 57.0 Å². The molecule has 8 heteroatoms. The summed E-state index contributed by atoms with van der Waals surface area (Å²) in [5, 5.41) is 9.54. The van der Waals surface area contributed by atoms with Crippen LogP contribution in [0.15, 0.2) is 29.6 Å². The molecule has 1 unspecified atom stereocenters. The highest BCUT2D eigenvalue weighted by Gasteiger charge is 2.32. The van der Waals surface area contributed by atoms with E-state index >= 15 is 0 Å². The van der Waals surface area contributed by atoms with Gasteiger partial charge in [0.25, 0.3) is 0 Å². The number of methoxy groups -OCH3 is 2. The Bertz CT molecular complexity index is 1090. The number of benzene rings is 1. The molecule has 0 radical (unpaired) electrons. The quantitative estimate of drug-likeness (QED) is 0.633. The molecule has 164 valence electrons. The summed E-state index contributed by atoms with van der Waals surface area (Å²) in [4.78, 5) is 16.4. The van der Waals surface area contributed by atoms with Crippen LogP contribution in [0.5, 0.6) is 11.5 Å². The average molecular weight is 441 g/mol. The summed E-state index contributed by atoms with van der Waals surface area (Å²) in [5.41, 5.74) is 4.95. The summed E-state index contributed by atoms with van der Waals surface area (Å²) in [6.07, 6.45) is 0.843. The first-order valence-corrected chi connectivity index (χ1v) is 11.1. The number of rotatable bonds is 6. The van der Waals surface area contributed by atoms with Gasteiger partial charge in [-0.1, -0.05) is 6.07 Å². The minimum Gasteiger partial charge on any atom is -0.493 e. The lowest BCUT2D eigenvalue weighted by atomic mass is 9.91. The first-order valence-electron chi connectivity index (χ1n) is 10.2. The Balaban J connectivity index is 1.64. The Morgan fingerprint density at radius 3 is 2.61 bits per heavy atom. The van der Waals surface area contributed by atoms with Gasteiger partial charge < -0.3 is 14.8 Å². The van der Waals surface area contributed by atoms with Crippen LogP contribution in [-0.4, -0.2) is 47.9 Å². The maximum Gasteiger partial charge on any atom is 0.238 e. The molecule has 4 rings (SSSR count). The number of carbonyl (C=O) groups excluding carboxylic acids is 1. The molecule has 1 aromatic carbocycles. The maximum absolute atomic E-state index is 13.0. The van der Waals surface area contributed by atoms with Crippen molar-refractivity contribution in [2.75, 3.05) is 32.6 Å². The van der Waals surface area contributed by atoms with Crippen molar-refractivity contribution in [3.63, 3.8) is 0 Å². The van der Waals surface area contributed by atoms with E-state index in [-0.39, 0.29) is 11.9 Å². The fourth-order valence-corrected chi connectivity index (χ4v) is 5.14. The van der Waals surface area contributed by atoms with Gasteiger partial charge >= 0.3 is 0 Å². The van der Waals surface area contributed by atoms with Crippen LogP contribution in [0.4, 0.5) is 5.69 Å². The number of nitrogens with one attached hydrogen (secondary N) is 1. The normalized spacial score (nSPS) is 16.1. The van der Waals surface area contributed by atoms with Gasteiger partial charge in [-0.15, -0.1) is 11.3 Å². The molecule has 3 aromatic rings. The highest BCUT2D eigenvalue weighted by molar-refractivity contribution is 7.10. The van der Waals surface area contributed by atoms with Crippen LogP contribution in [0, 0.1) is 13.8 Å². The topological polar surface area (TPSA) is 68.6 Å². The van der Waals surface area contributed by atoms with Crippen molar-refractivity contribution >= 4 is 22.9 Å². The summed E-state index contributed by atoms with van der Waals surface area (Å²) in [7, 11) is 5.19. The molecule has 1 aliphatic heterocycles. The van der Waals surface area contributed by atoms with Crippen LogP contribution in [0.1, 0.15) is 33.4 Å². The second-order valence-corrected chi connectivity index (χ2v) is 8.74. The first-order chi connectivity index (χ1) is 14.9.